The number of sulfonamides is 1. The fourth-order valence-corrected chi connectivity index (χ4v) is 3.88. The van der Waals surface area contributed by atoms with Crippen molar-refractivity contribution < 1.29 is 22.7 Å². The number of anilines is 2. The molecule has 28 heavy (non-hydrogen) atoms. The number of methoxy groups -OCH3 is 1. The Hall–Kier alpha value is -2.74. The highest BCUT2D eigenvalue weighted by Gasteiger charge is 2.29. The normalized spacial score (nSPS) is 12.4. The molecule has 0 aliphatic carbocycles. The summed E-state index contributed by atoms with van der Waals surface area (Å²) in [5.74, 6) is 0.759. The molecule has 8 heteroatoms. The van der Waals surface area contributed by atoms with E-state index in [0.717, 1.165) is 10.6 Å². The van der Waals surface area contributed by atoms with Crippen LogP contribution >= 0.6 is 0 Å². The summed E-state index contributed by atoms with van der Waals surface area (Å²) in [7, 11) is -2.17. The zero-order valence-electron chi connectivity index (χ0n) is 16.7. The lowest BCUT2D eigenvalue weighted by molar-refractivity contribution is -0.116. The van der Waals surface area contributed by atoms with Gasteiger partial charge in [0.1, 0.15) is 17.5 Å². The van der Waals surface area contributed by atoms with Crippen LogP contribution in [-0.2, 0) is 14.8 Å². The molecule has 0 aliphatic rings. The summed E-state index contributed by atoms with van der Waals surface area (Å²) >= 11 is 0. The highest BCUT2D eigenvalue weighted by molar-refractivity contribution is 7.92. The highest BCUT2D eigenvalue weighted by Crippen LogP contribution is 2.25. The van der Waals surface area contributed by atoms with Gasteiger partial charge in [-0.05, 0) is 57.2 Å². The van der Waals surface area contributed by atoms with E-state index in [2.05, 4.69) is 5.32 Å². The zero-order chi connectivity index (χ0) is 20.9. The summed E-state index contributed by atoms with van der Waals surface area (Å²) in [6, 6.07) is 12.5. The quantitative estimate of drug-likeness (QED) is 0.727. The van der Waals surface area contributed by atoms with E-state index in [9.17, 15) is 13.2 Å². The van der Waals surface area contributed by atoms with Crippen LogP contribution in [0.5, 0.6) is 11.5 Å². The Kier molecular flexibility index (Phi) is 6.90. The van der Waals surface area contributed by atoms with E-state index in [1.54, 1.807) is 48.5 Å². The van der Waals surface area contributed by atoms with Crippen LogP contribution in [0.2, 0.25) is 0 Å². The van der Waals surface area contributed by atoms with Crippen molar-refractivity contribution in [3.63, 3.8) is 0 Å². The van der Waals surface area contributed by atoms with Crippen LogP contribution in [0.25, 0.3) is 0 Å². The van der Waals surface area contributed by atoms with Gasteiger partial charge in [0.25, 0.3) is 0 Å². The third-order valence-corrected chi connectivity index (χ3v) is 5.13. The van der Waals surface area contributed by atoms with Gasteiger partial charge in [0, 0.05) is 11.8 Å². The fraction of sp³-hybridized carbons (Fsp3) is 0.350. The van der Waals surface area contributed by atoms with Crippen LogP contribution in [0.1, 0.15) is 20.8 Å². The van der Waals surface area contributed by atoms with Crippen molar-refractivity contribution in [2.24, 2.45) is 0 Å². The average Bonchev–Trinajstić information content (AvgIpc) is 2.61. The molecule has 2 aromatic carbocycles. The van der Waals surface area contributed by atoms with Crippen molar-refractivity contribution in [2.75, 3.05) is 23.0 Å². The SMILES string of the molecule is COc1ccc(N([C@@H](C)C(=O)Nc2cccc(OC(C)C)c2)S(C)(=O)=O)cc1. The highest BCUT2D eigenvalue weighted by atomic mass is 32.2. The Bertz CT molecular complexity index is 910. The van der Waals surface area contributed by atoms with E-state index in [0.29, 0.717) is 22.9 Å². The van der Waals surface area contributed by atoms with Gasteiger partial charge in [-0.3, -0.25) is 9.10 Å². The topological polar surface area (TPSA) is 84.9 Å². The van der Waals surface area contributed by atoms with Gasteiger partial charge in [-0.2, -0.15) is 0 Å². The van der Waals surface area contributed by atoms with E-state index in [1.807, 2.05) is 13.8 Å². The van der Waals surface area contributed by atoms with Gasteiger partial charge >= 0.3 is 0 Å². The van der Waals surface area contributed by atoms with Crippen LogP contribution in [0.3, 0.4) is 0 Å². The molecule has 0 bridgehead atoms. The van der Waals surface area contributed by atoms with Crippen LogP contribution in [0, 0.1) is 0 Å². The Morgan fingerprint density at radius 1 is 1.04 bits per heavy atom. The summed E-state index contributed by atoms with van der Waals surface area (Å²) in [5, 5.41) is 2.75. The van der Waals surface area contributed by atoms with Crippen LogP contribution in [-0.4, -0.2) is 39.8 Å². The maximum Gasteiger partial charge on any atom is 0.247 e. The first-order valence-corrected chi connectivity index (χ1v) is 10.7. The van der Waals surface area contributed by atoms with E-state index < -0.39 is 22.0 Å². The van der Waals surface area contributed by atoms with Crippen molar-refractivity contribution in [3.8, 4) is 11.5 Å². The molecule has 0 aliphatic heterocycles. The molecule has 2 aromatic rings. The number of carbonyl (C=O) groups excluding carboxylic acids is 1. The third kappa shape index (κ3) is 5.63. The molecule has 0 heterocycles. The van der Waals surface area contributed by atoms with E-state index in [-0.39, 0.29) is 6.10 Å². The van der Waals surface area contributed by atoms with Gasteiger partial charge in [0.05, 0.1) is 25.2 Å². The number of nitrogens with one attached hydrogen (secondary N) is 1. The molecule has 7 nitrogen and oxygen atoms in total. The smallest absolute Gasteiger partial charge is 0.247 e. The minimum atomic E-state index is -3.69. The minimum absolute atomic E-state index is 0.000623. The Balaban J connectivity index is 2.24. The maximum atomic E-state index is 12.7. The van der Waals surface area contributed by atoms with Crippen molar-refractivity contribution >= 4 is 27.3 Å². The van der Waals surface area contributed by atoms with Crippen molar-refractivity contribution in [1.82, 2.24) is 0 Å². The molecular weight excluding hydrogens is 380 g/mol. The molecule has 0 fully saturated rings. The van der Waals surface area contributed by atoms with Gasteiger partial charge in [-0.1, -0.05) is 6.07 Å². The molecular formula is C20H26N2O5S. The van der Waals surface area contributed by atoms with Crippen molar-refractivity contribution in [1.29, 1.82) is 0 Å². The minimum Gasteiger partial charge on any atom is -0.497 e. The summed E-state index contributed by atoms with van der Waals surface area (Å²) in [4.78, 5) is 12.7. The first-order valence-electron chi connectivity index (χ1n) is 8.83. The molecule has 1 amide bonds. The number of amides is 1. The number of benzene rings is 2. The van der Waals surface area contributed by atoms with Gasteiger partial charge in [0.2, 0.25) is 15.9 Å². The monoisotopic (exact) mass is 406 g/mol. The Morgan fingerprint density at radius 3 is 2.21 bits per heavy atom. The second kappa shape index (κ2) is 8.97. The first-order chi connectivity index (χ1) is 13.1. The lowest BCUT2D eigenvalue weighted by atomic mass is 10.2. The van der Waals surface area contributed by atoms with Crippen LogP contribution in [0.4, 0.5) is 11.4 Å². The lowest BCUT2D eigenvalue weighted by Crippen LogP contribution is -2.45. The molecule has 0 unspecified atom stereocenters. The molecule has 2 rings (SSSR count). The number of hydrogen-bond acceptors (Lipinski definition) is 5. The summed E-state index contributed by atoms with van der Waals surface area (Å²) in [5.41, 5.74) is 0.904. The number of hydrogen-bond donors (Lipinski definition) is 1. The lowest BCUT2D eigenvalue weighted by Gasteiger charge is -2.28. The van der Waals surface area contributed by atoms with Gasteiger partial charge in [-0.15, -0.1) is 0 Å². The molecule has 1 N–H and O–H groups in total. The van der Waals surface area contributed by atoms with E-state index in [4.69, 9.17) is 9.47 Å². The standard InChI is InChI=1S/C20H26N2O5S/c1-14(2)27-19-8-6-7-16(13-19)21-20(23)15(3)22(28(5,24)25)17-9-11-18(26-4)12-10-17/h6-15H,1-5H3,(H,21,23)/t15-/m0/s1. The molecule has 0 spiro atoms. The molecule has 0 saturated carbocycles. The fourth-order valence-electron chi connectivity index (χ4n) is 2.70. The van der Waals surface area contributed by atoms with Gasteiger partial charge in [0.15, 0.2) is 0 Å². The number of nitrogens with zero attached hydrogens (tertiary/aromatic N) is 1. The van der Waals surface area contributed by atoms with Crippen molar-refractivity contribution in [2.45, 2.75) is 32.9 Å². The van der Waals surface area contributed by atoms with Crippen LogP contribution < -0.4 is 19.1 Å². The molecule has 1 atom stereocenters. The first kappa shape index (κ1) is 21.6. The van der Waals surface area contributed by atoms with Crippen molar-refractivity contribution in [3.05, 3.63) is 48.5 Å². The largest absolute Gasteiger partial charge is 0.497 e. The van der Waals surface area contributed by atoms with E-state index in [1.165, 1.54) is 14.0 Å². The van der Waals surface area contributed by atoms with Gasteiger partial charge < -0.3 is 14.8 Å². The number of rotatable bonds is 8. The zero-order valence-corrected chi connectivity index (χ0v) is 17.5. The maximum absolute atomic E-state index is 12.7. The second-order valence-corrected chi connectivity index (χ2v) is 8.48. The van der Waals surface area contributed by atoms with Gasteiger partial charge in [-0.25, -0.2) is 8.42 Å². The summed E-state index contributed by atoms with van der Waals surface area (Å²) in [6.45, 7) is 5.35. The Labute approximate surface area is 166 Å². The number of ether oxygens (including phenoxy) is 2. The summed E-state index contributed by atoms with van der Waals surface area (Å²) < 4.78 is 36.5. The third-order valence-electron chi connectivity index (χ3n) is 3.89. The predicted octanol–water partition coefficient (Wildman–Crippen LogP) is 3.28. The predicted molar refractivity (Wildman–Crippen MR) is 111 cm³/mol. The second-order valence-electron chi connectivity index (χ2n) is 6.62. The molecule has 152 valence electrons. The van der Waals surface area contributed by atoms with Crippen LogP contribution in [0.15, 0.2) is 48.5 Å². The summed E-state index contributed by atoms with van der Waals surface area (Å²) in [6.07, 6.45) is 1.07. The Morgan fingerprint density at radius 2 is 1.68 bits per heavy atom. The molecule has 0 aromatic heterocycles. The molecule has 0 radical (unpaired) electrons. The number of carbonyl (C=O) groups is 1. The van der Waals surface area contributed by atoms with E-state index >= 15 is 0 Å². The average molecular weight is 407 g/mol. The molecule has 0 saturated heterocycles.